The van der Waals surface area contributed by atoms with E-state index < -0.39 is 0 Å². The zero-order valence-corrected chi connectivity index (χ0v) is 8.81. The molecule has 1 fully saturated rings. The molecule has 1 N–H and O–H groups in total. The third-order valence-corrected chi connectivity index (χ3v) is 2.57. The zero-order valence-electron chi connectivity index (χ0n) is 8.81. The minimum atomic E-state index is 0.483. The van der Waals surface area contributed by atoms with Crippen molar-refractivity contribution in [2.24, 2.45) is 0 Å². The van der Waals surface area contributed by atoms with Crippen molar-refractivity contribution in [3.63, 3.8) is 0 Å². The predicted octanol–water partition coefficient (Wildman–Crippen LogP) is 2.11. The predicted molar refractivity (Wildman–Crippen MR) is 55.9 cm³/mol. The summed E-state index contributed by atoms with van der Waals surface area (Å²) in [5.41, 5.74) is 1.25. The summed E-state index contributed by atoms with van der Waals surface area (Å²) in [6.07, 6.45) is 5.14. The van der Waals surface area contributed by atoms with Crippen molar-refractivity contribution < 1.29 is 4.74 Å². The van der Waals surface area contributed by atoms with Crippen LogP contribution >= 0.6 is 0 Å². The summed E-state index contributed by atoms with van der Waals surface area (Å²) in [4.78, 5) is 0. The van der Waals surface area contributed by atoms with Crippen LogP contribution in [0.4, 0.5) is 0 Å². The standard InChI is InChI=1S/C11H21NO/c1-9(2)7-10(12-3)8-11-5-4-6-13-11/h10-12H,1,4-8H2,2-3H3. The molecule has 0 aromatic carbocycles. The van der Waals surface area contributed by atoms with E-state index >= 15 is 0 Å². The Hall–Kier alpha value is -0.340. The van der Waals surface area contributed by atoms with Gasteiger partial charge in [0, 0.05) is 12.6 Å². The molecule has 13 heavy (non-hydrogen) atoms. The van der Waals surface area contributed by atoms with Crippen LogP contribution in [-0.4, -0.2) is 25.8 Å². The third-order valence-electron chi connectivity index (χ3n) is 2.57. The van der Waals surface area contributed by atoms with Gasteiger partial charge in [-0.25, -0.2) is 0 Å². The molecule has 0 aromatic heterocycles. The molecule has 2 atom stereocenters. The summed E-state index contributed by atoms with van der Waals surface area (Å²) in [6.45, 7) is 6.97. The average molecular weight is 183 g/mol. The topological polar surface area (TPSA) is 21.3 Å². The van der Waals surface area contributed by atoms with Crippen molar-refractivity contribution in [3.8, 4) is 0 Å². The Morgan fingerprint density at radius 1 is 1.69 bits per heavy atom. The molecule has 0 spiro atoms. The first-order valence-corrected chi connectivity index (χ1v) is 5.15. The van der Waals surface area contributed by atoms with E-state index in [1.807, 2.05) is 7.05 Å². The van der Waals surface area contributed by atoms with Crippen LogP contribution in [0.3, 0.4) is 0 Å². The fourth-order valence-corrected chi connectivity index (χ4v) is 1.87. The minimum Gasteiger partial charge on any atom is -0.378 e. The molecule has 1 saturated heterocycles. The summed E-state index contributed by atoms with van der Waals surface area (Å²) >= 11 is 0. The quantitative estimate of drug-likeness (QED) is 0.659. The Kier molecular flexibility index (Phi) is 4.46. The Labute approximate surface area is 81.4 Å². The fraction of sp³-hybridized carbons (Fsp3) is 0.818. The van der Waals surface area contributed by atoms with E-state index in [-0.39, 0.29) is 0 Å². The second-order valence-corrected chi connectivity index (χ2v) is 4.02. The molecule has 0 radical (unpaired) electrons. The van der Waals surface area contributed by atoms with Gasteiger partial charge in [-0.3, -0.25) is 0 Å². The van der Waals surface area contributed by atoms with Crippen LogP contribution < -0.4 is 5.32 Å². The molecule has 76 valence electrons. The van der Waals surface area contributed by atoms with E-state index in [4.69, 9.17) is 4.74 Å². The van der Waals surface area contributed by atoms with E-state index in [9.17, 15) is 0 Å². The Morgan fingerprint density at radius 3 is 2.92 bits per heavy atom. The number of rotatable bonds is 5. The summed E-state index contributed by atoms with van der Waals surface area (Å²) in [5, 5.41) is 3.32. The highest BCUT2D eigenvalue weighted by Crippen LogP contribution is 2.19. The maximum atomic E-state index is 5.60. The van der Waals surface area contributed by atoms with Gasteiger partial charge >= 0.3 is 0 Å². The van der Waals surface area contributed by atoms with Crippen LogP contribution in [0.5, 0.6) is 0 Å². The van der Waals surface area contributed by atoms with Crippen molar-refractivity contribution in [3.05, 3.63) is 12.2 Å². The lowest BCUT2D eigenvalue weighted by atomic mass is 10.0. The lowest BCUT2D eigenvalue weighted by Gasteiger charge is -2.19. The molecule has 0 aliphatic carbocycles. The molecule has 2 unspecified atom stereocenters. The van der Waals surface area contributed by atoms with Gasteiger partial charge in [0.2, 0.25) is 0 Å². The van der Waals surface area contributed by atoms with Crippen LogP contribution in [0.25, 0.3) is 0 Å². The maximum absolute atomic E-state index is 5.60. The van der Waals surface area contributed by atoms with Gasteiger partial charge in [-0.2, -0.15) is 0 Å². The summed E-state index contributed by atoms with van der Waals surface area (Å²) < 4.78 is 5.60. The molecular weight excluding hydrogens is 162 g/mol. The third kappa shape index (κ3) is 3.92. The first-order chi connectivity index (χ1) is 6.22. The Balaban J connectivity index is 2.25. The monoisotopic (exact) mass is 183 g/mol. The van der Waals surface area contributed by atoms with E-state index in [1.165, 1.54) is 18.4 Å². The van der Waals surface area contributed by atoms with Crippen molar-refractivity contribution in [2.45, 2.75) is 44.8 Å². The molecule has 1 rings (SSSR count). The molecular formula is C11H21NO. The number of hydrogen-bond donors (Lipinski definition) is 1. The lowest BCUT2D eigenvalue weighted by Crippen LogP contribution is -2.29. The molecule has 2 nitrogen and oxygen atoms in total. The minimum absolute atomic E-state index is 0.483. The molecule has 1 aliphatic heterocycles. The number of ether oxygens (including phenoxy) is 1. The highest BCUT2D eigenvalue weighted by molar-refractivity contribution is 4.93. The van der Waals surface area contributed by atoms with Gasteiger partial charge in [-0.05, 0) is 39.7 Å². The fourth-order valence-electron chi connectivity index (χ4n) is 1.87. The van der Waals surface area contributed by atoms with Gasteiger partial charge in [0.1, 0.15) is 0 Å². The molecule has 1 aliphatic rings. The lowest BCUT2D eigenvalue weighted by molar-refractivity contribution is 0.0954. The van der Waals surface area contributed by atoms with Crippen molar-refractivity contribution in [2.75, 3.05) is 13.7 Å². The SMILES string of the molecule is C=C(C)CC(CC1CCCO1)NC. The van der Waals surface area contributed by atoms with Crippen molar-refractivity contribution in [1.82, 2.24) is 5.32 Å². The molecule has 0 amide bonds. The van der Waals surface area contributed by atoms with E-state index in [0.717, 1.165) is 19.4 Å². The van der Waals surface area contributed by atoms with E-state index in [0.29, 0.717) is 12.1 Å². The van der Waals surface area contributed by atoms with Crippen LogP contribution in [-0.2, 0) is 4.74 Å². The highest BCUT2D eigenvalue weighted by atomic mass is 16.5. The molecule has 0 aromatic rings. The summed E-state index contributed by atoms with van der Waals surface area (Å²) in [7, 11) is 2.02. The highest BCUT2D eigenvalue weighted by Gasteiger charge is 2.19. The summed E-state index contributed by atoms with van der Waals surface area (Å²) in [5.74, 6) is 0. The van der Waals surface area contributed by atoms with Crippen LogP contribution in [0.2, 0.25) is 0 Å². The van der Waals surface area contributed by atoms with Gasteiger partial charge in [-0.15, -0.1) is 6.58 Å². The van der Waals surface area contributed by atoms with Gasteiger partial charge in [0.15, 0.2) is 0 Å². The first kappa shape index (κ1) is 10.7. The van der Waals surface area contributed by atoms with E-state index in [1.54, 1.807) is 0 Å². The first-order valence-electron chi connectivity index (χ1n) is 5.15. The molecule has 0 bridgehead atoms. The smallest absolute Gasteiger partial charge is 0.0590 e. The zero-order chi connectivity index (χ0) is 9.68. The Morgan fingerprint density at radius 2 is 2.46 bits per heavy atom. The van der Waals surface area contributed by atoms with Gasteiger partial charge in [0.25, 0.3) is 0 Å². The van der Waals surface area contributed by atoms with Crippen molar-refractivity contribution in [1.29, 1.82) is 0 Å². The van der Waals surface area contributed by atoms with Crippen LogP contribution in [0.15, 0.2) is 12.2 Å². The normalized spacial score (nSPS) is 24.6. The molecule has 1 heterocycles. The van der Waals surface area contributed by atoms with E-state index in [2.05, 4.69) is 18.8 Å². The van der Waals surface area contributed by atoms with Gasteiger partial charge in [0.05, 0.1) is 6.10 Å². The largest absolute Gasteiger partial charge is 0.378 e. The second kappa shape index (κ2) is 5.40. The van der Waals surface area contributed by atoms with Gasteiger partial charge in [-0.1, -0.05) is 5.57 Å². The molecule has 2 heteroatoms. The second-order valence-electron chi connectivity index (χ2n) is 4.02. The number of hydrogen-bond acceptors (Lipinski definition) is 2. The van der Waals surface area contributed by atoms with Crippen LogP contribution in [0.1, 0.15) is 32.6 Å². The van der Waals surface area contributed by atoms with Crippen molar-refractivity contribution >= 4 is 0 Å². The maximum Gasteiger partial charge on any atom is 0.0590 e. The Bertz CT molecular complexity index is 161. The van der Waals surface area contributed by atoms with Gasteiger partial charge < -0.3 is 10.1 Å². The van der Waals surface area contributed by atoms with Crippen LogP contribution in [0, 0.1) is 0 Å². The summed E-state index contributed by atoms with van der Waals surface area (Å²) in [6, 6.07) is 0.542. The molecule has 0 saturated carbocycles. The average Bonchev–Trinajstić information content (AvgIpc) is 2.55. The number of nitrogens with one attached hydrogen (secondary N) is 1.